The Morgan fingerprint density at radius 3 is 2.91 bits per heavy atom. The smallest absolute Gasteiger partial charge is 0.242 e. The second-order valence-corrected chi connectivity index (χ2v) is 6.10. The van der Waals surface area contributed by atoms with Gasteiger partial charge in [-0.1, -0.05) is 11.6 Å². The van der Waals surface area contributed by atoms with E-state index < -0.39 is 11.9 Å². The van der Waals surface area contributed by atoms with E-state index >= 15 is 0 Å². The molecule has 0 saturated carbocycles. The standard InChI is InChI=1S/C15H17ClFN3O2/c16-11-2-1-10(7-12(11)17)20-6-5-9(8-20)18-15(22)13-3-4-14(21)19-13/h1-2,7,9,13H,3-6,8H2,(H,18,22)(H,19,21)/t9-,13+/m0/s1. The molecule has 2 fully saturated rings. The van der Waals surface area contributed by atoms with E-state index in [0.29, 0.717) is 19.4 Å². The van der Waals surface area contributed by atoms with Gasteiger partial charge in [0.25, 0.3) is 0 Å². The van der Waals surface area contributed by atoms with Gasteiger partial charge in [0, 0.05) is 31.2 Å². The molecule has 0 bridgehead atoms. The number of anilines is 1. The van der Waals surface area contributed by atoms with Gasteiger partial charge in [-0.05, 0) is 31.0 Å². The van der Waals surface area contributed by atoms with Gasteiger partial charge in [-0.25, -0.2) is 4.39 Å². The molecule has 1 aromatic carbocycles. The quantitative estimate of drug-likeness (QED) is 0.884. The molecule has 2 atom stereocenters. The lowest BCUT2D eigenvalue weighted by atomic mass is 10.2. The number of nitrogens with one attached hydrogen (secondary N) is 2. The van der Waals surface area contributed by atoms with Gasteiger partial charge < -0.3 is 15.5 Å². The van der Waals surface area contributed by atoms with Crippen LogP contribution in [0.4, 0.5) is 10.1 Å². The van der Waals surface area contributed by atoms with Gasteiger partial charge in [-0.15, -0.1) is 0 Å². The summed E-state index contributed by atoms with van der Waals surface area (Å²) in [5, 5.41) is 5.71. The first-order valence-electron chi connectivity index (χ1n) is 7.32. The van der Waals surface area contributed by atoms with E-state index in [1.54, 1.807) is 6.07 Å². The van der Waals surface area contributed by atoms with Crippen molar-refractivity contribution in [2.24, 2.45) is 0 Å². The Labute approximate surface area is 132 Å². The van der Waals surface area contributed by atoms with Crippen LogP contribution in [0.15, 0.2) is 18.2 Å². The molecule has 1 aromatic rings. The van der Waals surface area contributed by atoms with Gasteiger partial charge in [0.1, 0.15) is 11.9 Å². The molecule has 118 valence electrons. The summed E-state index contributed by atoms with van der Waals surface area (Å²) in [6, 6.07) is 4.29. The summed E-state index contributed by atoms with van der Waals surface area (Å²) < 4.78 is 13.5. The average molecular weight is 326 g/mol. The molecular formula is C15H17ClFN3O2. The lowest BCUT2D eigenvalue weighted by Gasteiger charge is -2.20. The molecule has 0 radical (unpaired) electrons. The van der Waals surface area contributed by atoms with Crippen LogP contribution in [-0.2, 0) is 9.59 Å². The predicted octanol–water partition coefficient (Wildman–Crippen LogP) is 1.45. The third-order valence-corrected chi connectivity index (χ3v) is 4.42. The highest BCUT2D eigenvalue weighted by Crippen LogP contribution is 2.25. The molecule has 3 rings (SSSR count). The number of halogens is 2. The Hall–Kier alpha value is -1.82. The highest BCUT2D eigenvalue weighted by atomic mass is 35.5. The molecule has 2 amide bonds. The lowest BCUT2D eigenvalue weighted by molar-refractivity contribution is -0.126. The Morgan fingerprint density at radius 2 is 2.23 bits per heavy atom. The number of carbonyl (C=O) groups excluding carboxylic acids is 2. The summed E-state index contributed by atoms with van der Waals surface area (Å²) in [6.45, 7) is 1.36. The topological polar surface area (TPSA) is 61.4 Å². The van der Waals surface area contributed by atoms with Gasteiger partial charge in [0.15, 0.2) is 0 Å². The van der Waals surface area contributed by atoms with Crippen molar-refractivity contribution in [1.29, 1.82) is 0 Å². The SMILES string of the molecule is O=C1CC[C@H](C(=O)N[C@H]2CCN(c3ccc(Cl)c(F)c3)C2)N1. The normalized spacial score (nSPS) is 24.5. The maximum absolute atomic E-state index is 13.5. The largest absolute Gasteiger partial charge is 0.369 e. The number of rotatable bonds is 3. The van der Waals surface area contributed by atoms with Crippen LogP contribution in [0.1, 0.15) is 19.3 Å². The fraction of sp³-hybridized carbons (Fsp3) is 0.467. The number of hydrogen-bond acceptors (Lipinski definition) is 3. The summed E-state index contributed by atoms with van der Waals surface area (Å²) in [5.74, 6) is -0.662. The van der Waals surface area contributed by atoms with Crippen molar-refractivity contribution in [3.05, 3.63) is 29.0 Å². The first-order chi connectivity index (χ1) is 10.5. The minimum absolute atomic E-state index is 0.00346. The summed E-state index contributed by atoms with van der Waals surface area (Å²) in [6.07, 6.45) is 1.74. The zero-order valence-corrected chi connectivity index (χ0v) is 12.7. The van der Waals surface area contributed by atoms with Crippen LogP contribution in [0, 0.1) is 5.82 Å². The Morgan fingerprint density at radius 1 is 1.41 bits per heavy atom. The van der Waals surface area contributed by atoms with Gasteiger partial charge in [0.05, 0.1) is 5.02 Å². The molecule has 2 N–H and O–H groups in total. The molecule has 0 spiro atoms. The Balaban J connectivity index is 1.56. The van der Waals surface area contributed by atoms with E-state index in [1.807, 2.05) is 4.90 Å². The van der Waals surface area contributed by atoms with Crippen molar-refractivity contribution in [2.75, 3.05) is 18.0 Å². The fourth-order valence-electron chi connectivity index (χ4n) is 2.91. The number of amides is 2. The predicted molar refractivity (Wildman–Crippen MR) is 81.3 cm³/mol. The van der Waals surface area contributed by atoms with Crippen LogP contribution in [0.25, 0.3) is 0 Å². The minimum atomic E-state index is -0.444. The molecule has 22 heavy (non-hydrogen) atoms. The molecule has 7 heteroatoms. The van der Waals surface area contributed by atoms with Gasteiger partial charge in [-0.2, -0.15) is 0 Å². The second-order valence-electron chi connectivity index (χ2n) is 5.70. The molecule has 0 unspecified atom stereocenters. The zero-order valence-electron chi connectivity index (χ0n) is 11.9. The van der Waals surface area contributed by atoms with Crippen molar-refractivity contribution < 1.29 is 14.0 Å². The second kappa shape index (κ2) is 6.12. The molecular weight excluding hydrogens is 309 g/mol. The van der Waals surface area contributed by atoms with Crippen LogP contribution in [-0.4, -0.2) is 37.0 Å². The summed E-state index contributed by atoms with van der Waals surface area (Å²) in [5.41, 5.74) is 0.757. The first kappa shape index (κ1) is 15.1. The van der Waals surface area contributed by atoms with E-state index in [4.69, 9.17) is 11.6 Å². The molecule has 2 aliphatic rings. The van der Waals surface area contributed by atoms with Crippen molar-refractivity contribution in [1.82, 2.24) is 10.6 Å². The number of hydrogen-bond donors (Lipinski definition) is 2. The lowest BCUT2D eigenvalue weighted by Crippen LogP contribution is -2.46. The van der Waals surface area contributed by atoms with E-state index in [-0.39, 0.29) is 22.9 Å². The highest BCUT2D eigenvalue weighted by Gasteiger charge is 2.31. The summed E-state index contributed by atoms with van der Waals surface area (Å²) in [7, 11) is 0. The molecule has 2 aliphatic heterocycles. The summed E-state index contributed by atoms with van der Waals surface area (Å²) >= 11 is 5.68. The zero-order chi connectivity index (χ0) is 15.7. The third-order valence-electron chi connectivity index (χ3n) is 4.11. The van der Waals surface area contributed by atoms with E-state index in [2.05, 4.69) is 10.6 Å². The van der Waals surface area contributed by atoms with Crippen LogP contribution in [0.3, 0.4) is 0 Å². The maximum Gasteiger partial charge on any atom is 0.242 e. The van der Waals surface area contributed by atoms with E-state index in [1.165, 1.54) is 12.1 Å². The van der Waals surface area contributed by atoms with Gasteiger partial charge in [-0.3, -0.25) is 9.59 Å². The van der Waals surface area contributed by atoms with Gasteiger partial charge >= 0.3 is 0 Å². The van der Waals surface area contributed by atoms with Crippen molar-refractivity contribution in [3.63, 3.8) is 0 Å². The molecule has 2 heterocycles. The van der Waals surface area contributed by atoms with Crippen molar-refractivity contribution in [2.45, 2.75) is 31.3 Å². The average Bonchev–Trinajstić information content (AvgIpc) is 3.11. The maximum atomic E-state index is 13.5. The van der Waals surface area contributed by atoms with Gasteiger partial charge in [0.2, 0.25) is 11.8 Å². The Kier molecular flexibility index (Phi) is 4.20. The third kappa shape index (κ3) is 3.16. The van der Waals surface area contributed by atoms with Crippen molar-refractivity contribution >= 4 is 29.1 Å². The highest BCUT2D eigenvalue weighted by molar-refractivity contribution is 6.30. The van der Waals surface area contributed by atoms with Crippen LogP contribution in [0.5, 0.6) is 0 Å². The van der Waals surface area contributed by atoms with Crippen LogP contribution >= 0.6 is 11.6 Å². The molecule has 0 aromatic heterocycles. The molecule has 0 aliphatic carbocycles. The van der Waals surface area contributed by atoms with E-state index in [0.717, 1.165) is 18.7 Å². The van der Waals surface area contributed by atoms with E-state index in [9.17, 15) is 14.0 Å². The number of benzene rings is 1. The minimum Gasteiger partial charge on any atom is -0.369 e. The van der Waals surface area contributed by atoms with Crippen LogP contribution < -0.4 is 15.5 Å². The number of carbonyl (C=O) groups is 2. The number of nitrogens with zero attached hydrogens (tertiary/aromatic N) is 1. The molecule has 5 nitrogen and oxygen atoms in total. The molecule has 2 saturated heterocycles. The monoisotopic (exact) mass is 325 g/mol. The van der Waals surface area contributed by atoms with Crippen LogP contribution in [0.2, 0.25) is 5.02 Å². The van der Waals surface area contributed by atoms with Crippen molar-refractivity contribution in [3.8, 4) is 0 Å². The Bertz CT molecular complexity index is 610. The summed E-state index contributed by atoms with van der Waals surface area (Å²) in [4.78, 5) is 25.2. The first-order valence-corrected chi connectivity index (χ1v) is 7.70. The fourth-order valence-corrected chi connectivity index (χ4v) is 3.02.